The first-order chi connectivity index (χ1) is 18.1. The summed E-state index contributed by atoms with van der Waals surface area (Å²) in [6.07, 6.45) is 11.6. The Morgan fingerprint density at radius 1 is 1.08 bits per heavy atom. The molecule has 1 saturated carbocycles. The van der Waals surface area contributed by atoms with Crippen LogP contribution in [0.3, 0.4) is 0 Å². The topological polar surface area (TPSA) is 52.6 Å². The first kappa shape index (κ1) is 26.8. The molecule has 3 fully saturated rings. The highest BCUT2D eigenvalue weighted by Gasteiger charge is 2.47. The van der Waals surface area contributed by atoms with Gasteiger partial charge in [-0.15, -0.1) is 23.1 Å². The van der Waals surface area contributed by atoms with E-state index in [4.69, 9.17) is 0 Å². The molecule has 1 aromatic carbocycles. The number of amides is 2. The van der Waals surface area contributed by atoms with Crippen LogP contribution in [0, 0.1) is 11.3 Å². The van der Waals surface area contributed by atoms with Gasteiger partial charge >= 0.3 is 0 Å². The third-order valence-electron chi connectivity index (χ3n) is 8.86. The number of rotatable bonds is 9. The molecule has 2 amide bonds. The van der Waals surface area contributed by atoms with E-state index in [0.717, 1.165) is 71.2 Å². The molecule has 37 heavy (non-hydrogen) atoms. The fourth-order valence-electron chi connectivity index (χ4n) is 6.40. The van der Waals surface area contributed by atoms with Crippen molar-refractivity contribution in [2.45, 2.75) is 75.3 Å². The van der Waals surface area contributed by atoms with Crippen molar-refractivity contribution in [1.29, 1.82) is 0 Å². The Hall–Kier alpha value is -1.83. The number of carbonyl (C=O) groups excluding carboxylic acids is 2. The van der Waals surface area contributed by atoms with Crippen molar-refractivity contribution >= 4 is 34.9 Å². The quantitative estimate of drug-likeness (QED) is 0.391. The number of thiophene rings is 1. The first-order valence-corrected chi connectivity index (χ1v) is 16.2. The molecule has 1 spiro atoms. The molecule has 0 radical (unpaired) electrons. The van der Waals surface area contributed by atoms with Crippen molar-refractivity contribution in [3.8, 4) is 0 Å². The Morgan fingerprint density at radius 3 is 2.49 bits per heavy atom. The lowest BCUT2D eigenvalue weighted by Crippen LogP contribution is -2.45. The van der Waals surface area contributed by atoms with Gasteiger partial charge in [0.25, 0.3) is 0 Å². The zero-order valence-electron chi connectivity index (χ0n) is 22.1. The maximum atomic E-state index is 13.5. The average Bonchev–Trinajstić information content (AvgIpc) is 3.58. The monoisotopic (exact) mass is 539 g/mol. The van der Waals surface area contributed by atoms with Gasteiger partial charge in [0.1, 0.15) is 0 Å². The summed E-state index contributed by atoms with van der Waals surface area (Å²) in [5.74, 6) is 0.790. The summed E-state index contributed by atoms with van der Waals surface area (Å²) in [5.41, 5.74) is 1.05. The molecular weight excluding hydrogens is 498 g/mol. The SMILES string of the molecule is CSc1ccc(CN2CCC3(CCN(CCC(NC(=O)C4CCCCC4)c4cccs4)CC3)C2=O)cc1. The zero-order valence-corrected chi connectivity index (χ0v) is 23.8. The van der Waals surface area contributed by atoms with Gasteiger partial charge in [-0.25, -0.2) is 0 Å². The molecule has 1 N–H and O–H groups in total. The Bertz CT molecular complexity index is 1030. The largest absolute Gasteiger partial charge is 0.348 e. The normalized spacial score (nSPS) is 21.4. The van der Waals surface area contributed by atoms with Gasteiger partial charge in [0, 0.05) is 35.3 Å². The molecule has 7 heteroatoms. The van der Waals surface area contributed by atoms with Crippen LogP contribution in [-0.4, -0.2) is 54.0 Å². The van der Waals surface area contributed by atoms with Gasteiger partial charge in [-0.1, -0.05) is 37.5 Å². The molecule has 200 valence electrons. The van der Waals surface area contributed by atoms with Crippen LogP contribution in [0.4, 0.5) is 0 Å². The summed E-state index contributed by atoms with van der Waals surface area (Å²) in [4.78, 5) is 33.6. The summed E-state index contributed by atoms with van der Waals surface area (Å²) in [6, 6.07) is 12.9. The molecule has 3 aliphatic rings. The Kier molecular flexibility index (Phi) is 8.93. The first-order valence-electron chi connectivity index (χ1n) is 14.0. The lowest BCUT2D eigenvalue weighted by molar-refractivity contribution is -0.139. The number of likely N-dealkylation sites (tertiary alicyclic amines) is 2. The number of hydrogen-bond acceptors (Lipinski definition) is 5. The molecule has 1 unspecified atom stereocenters. The predicted octanol–water partition coefficient (Wildman–Crippen LogP) is 6.11. The molecule has 2 aromatic rings. The van der Waals surface area contributed by atoms with Gasteiger partial charge in [0.15, 0.2) is 0 Å². The molecule has 2 saturated heterocycles. The van der Waals surface area contributed by atoms with E-state index in [1.807, 2.05) is 0 Å². The van der Waals surface area contributed by atoms with Crippen molar-refractivity contribution < 1.29 is 9.59 Å². The number of nitrogens with one attached hydrogen (secondary N) is 1. The van der Waals surface area contributed by atoms with Crippen molar-refractivity contribution in [1.82, 2.24) is 15.1 Å². The predicted molar refractivity (Wildman–Crippen MR) is 153 cm³/mol. The van der Waals surface area contributed by atoms with E-state index in [0.29, 0.717) is 5.91 Å². The van der Waals surface area contributed by atoms with Crippen molar-refractivity contribution in [3.63, 3.8) is 0 Å². The van der Waals surface area contributed by atoms with Crippen molar-refractivity contribution in [2.75, 3.05) is 32.4 Å². The molecule has 0 bridgehead atoms. The standard InChI is InChI=1S/C30H41N3O2S2/c1-36-25-11-9-23(10-12-25)22-33-20-16-30(29(33)35)14-18-32(19-15-30)17-13-26(27-8-5-21-37-27)31-28(34)24-6-3-2-4-7-24/h5,8-12,21,24,26H,2-4,6-7,13-20,22H2,1H3,(H,31,34). The van der Waals surface area contributed by atoms with Gasteiger partial charge in [0.05, 0.1) is 11.5 Å². The van der Waals surface area contributed by atoms with Crippen molar-refractivity contribution in [3.05, 3.63) is 52.2 Å². The van der Waals surface area contributed by atoms with Crippen LogP contribution in [0.15, 0.2) is 46.7 Å². The minimum Gasteiger partial charge on any atom is -0.348 e. The van der Waals surface area contributed by atoms with Crippen LogP contribution < -0.4 is 5.32 Å². The fraction of sp³-hybridized carbons (Fsp3) is 0.600. The average molecular weight is 540 g/mol. The molecule has 2 aliphatic heterocycles. The van der Waals surface area contributed by atoms with Crippen LogP contribution in [-0.2, 0) is 16.1 Å². The smallest absolute Gasteiger partial charge is 0.229 e. The number of carbonyl (C=O) groups is 2. The van der Waals surface area contributed by atoms with Crippen LogP contribution in [0.5, 0.6) is 0 Å². The number of nitrogens with zero attached hydrogens (tertiary/aromatic N) is 2. The fourth-order valence-corrected chi connectivity index (χ4v) is 7.63. The maximum absolute atomic E-state index is 13.5. The van der Waals surface area contributed by atoms with Crippen LogP contribution in [0.25, 0.3) is 0 Å². The summed E-state index contributed by atoms with van der Waals surface area (Å²) in [6.45, 7) is 4.49. The highest BCUT2D eigenvalue weighted by molar-refractivity contribution is 7.98. The third-order valence-corrected chi connectivity index (χ3v) is 10.6. The summed E-state index contributed by atoms with van der Waals surface area (Å²) in [7, 11) is 0. The Labute approximate surface area is 230 Å². The second-order valence-corrected chi connectivity index (χ2v) is 13.0. The molecule has 1 atom stereocenters. The second-order valence-electron chi connectivity index (χ2n) is 11.1. The van der Waals surface area contributed by atoms with E-state index >= 15 is 0 Å². The number of piperidine rings is 1. The van der Waals surface area contributed by atoms with Gasteiger partial charge in [-0.2, -0.15) is 0 Å². The van der Waals surface area contributed by atoms with Crippen LogP contribution in [0.2, 0.25) is 0 Å². The highest BCUT2D eigenvalue weighted by Crippen LogP contribution is 2.42. The minimum absolute atomic E-state index is 0.0893. The molecule has 3 heterocycles. The Morgan fingerprint density at radius 2 is 1.81 bits per heavy atom. The van der Waals surface area contributed by atoms with Crippen LogP contribution in [0.1, 0.15) is 74.3 Å². The molecule has 5 nitrogen and oxygen atoms in total. The molecule has 1 aromatic heterocycles. The van der Waals surface area contributed by atoms with E-state index in [9.17, 15) is 9.59 Å². The summed E-state index contributed by atoms with van der Waals surface area (Å²) >= 11 is 3.49. The van der Waals surface area contributed by atoms with E-state index in [1.54, 1.807) is 23.1 Å². The van der Waals surface area contributed by atoms with E-state index in [1.165, 1.54) is 34.6 Å². The van der Waals surface area contributed by atoms with Gasteiger partial charge in [-0.3, -0.25) is 9.59 Å². The molecular formula is C30H41N3O2S2. The van der Waals surface area contributed by atoms with Crippen molar-refractivity contribution in [2.24, 2.45) is 11.3 Å². The third kappa shape index (κ3) is 6.43. The van der Waals surface area contributed by atoms with E-state index < -0.39 is 0 Å². The lowest BCUT2D eigenvalue weighted by Gasteiger charge is -2.38. The van der Waals surface area contributed by atoms with Gasteiger partial charge in [-0.05, 0) is 87.0 Å². The number of benzene rings is 1. The Balaban J connectivity index is 1.12. The summed E-state index contributed by atoms with van der Waals surface area (Å²) in [5, 5.41) is 5.51. The van der Waals surface area contributed by atoms with Crippen LogP contribution >= 0.6 is 23.1 Å². The van der Waals surface area contributed by atoms with Gasteiger partial charge in [0.2, 0.25) is 11.8 Å². The number of thioether (sulfide) groups is 1. The maximum Gasteiger partial charge on any atom is 0.229 e. The van der Waals surface area contributed by atoms with Gasteiger partial charge < -0.3 is 15.1 Å². The minimum atomic E-state index is -0.169. The lowest BCUT2D eigenvalue weighted by atomic mass is 9.77. The summed E-state index contributed by atoms with van der Waals surface area (Å²) < 4.78 is 0. The van der Waals surface area contributed by atoms with E-state index in [-0.39, 0.29) is 23.3 Å². The number of hydrogen-bond donors (Lipinski definition) is 1. The van der Waals surface area contributed by atoms with E-state index in [2.05, 4.69) is 63.2 Å². The molecule has 5 rings (SSSR count). The molecule has 1 aliphatic carbocycles. The highest BCUT2D eigenvalue weighted by atomic mass is 32.2. The second kappa shape index (κ2) is 12.4. The zero-order chi connectivity index (χ0) is 25.7.